The molecule has 20 heavy (non-hydrogen) atoms. The number of rotatable bonds is 6. The maximum Gasteiger partial charge on any atom is 0.325 e. The van der Waals surface area contributed by atoms with Crippen LogP contribution in [0.3, 0.4) is 0 Å². The summed E-state index contributed by atoms with van der Waals surface area (Å²) >= 11 is 0. The average molecular weight is 284 g/mol. The Balaban J connectivity index is 2.75. The van der Waals surface area contributed by atoms with Crippen molar-refractivity contribution in [3.63, 3.8) is 0 Å². The average Bonchev–Trinajstić information content (AvgIpc) is 2.37. The van der Waals surface area contributed by atoms with Gasteiger partial charge in [-0.3, -0.25) is 9.59 Å². The second kappa shape index (κ2) is 7.62. The highest BCUT2D eigenvalue weighted by molar-refractivity contribution is 5.89. The highest BCUT2D eigenvalue weighted by Crippen LogP contribution is 2.28. The minimum Gasteiger partial charge on any atom is -0.465 e. The van der Waals surface area contributed by atoms with Crippen LogP contribution in [-0.4, -0.2) is 42.0 Å². The standard InChI is InChI=1S/C15H28N2O3/c1-4-20-13(18)11-17(10-12(2)3)14(19)15(16)8-6-5-7-9-15/h12H,4-11,16H2,1-3H3. The third-order valence-corrected chi connectivity index (χ3v) is 3.67. The largest absolute Gasteiger partial charge is 0.465 e. The second-order valence-electron chi connectivity index (χ2n) is 6.10. The Morgan fingerprint density at radius 1 is 1.25 bits per heavy atom. The van der Waals surface area contributed by atoms with E-state index < -0.39 is 5.54 Å². The third kappa shape index (κ3) is 4.78. The number of amides is 1. The quantitative estimate of drug-likeness (QED) is 0.753. The van der Waals surface area contributed by atoms with Gasteiger partial charge in [0.25, 0.3) is 0 Å². The summed E-state index contributed by atoms with van der Waals surface area (Å²) in [4.78, 5) is 25.9. The normalized spacial score (nSPS) is 17.9. The van der Waals surface area contributed by atoms with Crippen molar-refractivity contribution in [1.82, 2.24) is 4.90 Å². The molecule has 0 aromatic rings. The first-order valence-electron chi connectivity index (χ1n) is 7.63. The van der Waals surface area contributed by atoms with E-state index in [2.05, 4.69) is 0 Å². The lowest BCUT2D eigenvalue weighted by Crippen LogP contribution is -2.57. The molecular formula is C15H28N2O3. The van der Waals surface area contributed by atoms with Gasteiger partial charge in [-0.05, 0) is 25.7 Å². The molecule has 5 heteroatoms. The lowest BCUT2D eigenvalue weighted by atomic mass is 9.81. The van der Waals surface area contributed by atoms with E-state index in [1.807, 2.05) is 13.8 Å². The van der Waals surface area contributed by atoms with Gasteiger partial charge in [0.1, 0.15) is 6.54 Å². The Morgan fingerprint density at radius 3 is 2.35 bits per heavy atom. The van der Waals surface area contributed by atoms with Crippen molar-refractivity contribution < 1.29 is 14.3 Å². The van der Waals surface area contributed by atoms with Crippen LogP contribution in [-0.2, 0) is 14.3 Å². The first-order chi connectivity index (χ1) is 9.39. The van der Waals surface area contributed by atoms with Crippen LogP contribution in [0.4, 0.5) is 0 Å². The molecule has 0 aliphatic heterocycles. The van der Waals surface area contributed by atoms with Gasteiger partial charge >= 0.3 is 5.97 Å². The van der Waals surface area contributed by atoms with E-state index in [4.69, 9.17) is 10.5 Å². The second-order valence-corrected chi connectivity index (χ2v) is 6.10. The zero-order chi connectivity index (χ0) is 15.2. The Labute approximate surface area is 121 Å². The van der Waals surface area contributed by atoms with Crippen molar-refractivity contribution in [2.75, 3.05) is 19.7 Å². The van der Waals surface area contributed by atoms with Gasteiger partial charge in [0, 0.05) is 6.54 Å². The minimum atomic E-state index is -0.792. The smallest absolute Gasteiger partial charge is 0.325 e. The molecule has 0 aromatic carbocycles. The fourth-order valence-electron chi connectivity index (χ4n) is 2.73. The van der Waals surface area contributed by atoms with Crippen LogP contribution in [0.25, 0.3) is 0 Å². The molecule has 0 aromatic heterocycles. The summed E-state index contributed by atoms with van der Waals surface area (Å²) < 4.78 is 4.95. The van der Waals surface area contributed by atoms with Crippen LogP contribution in [0.2, 0.25) is 0 Å². The molecule has 0 spiro atoms. The summed E-state index contributed by atoms with van der Waals surface area (Å²) in [5, 5.41) is 0. The van der Waals surface area contributed by atoms with E-state index in [1.54, 1.807) is 11.8 Å². The van der Waals surface area contributed by atoms with Crippen molar-refractivity contribution in [2.24, 2.45) is 11.7 Å². The van der Waals surface area contributed by atoms with Gasteiger partial charge in [-0.2, -0.15) is 0 Å². The molecule has 0 bridgehead atoms. The zero-order valence-electron chi connectivity index (χ0n) is 13.0. The zero-order valence-corrected chi connectivity index (χ0v) is 13.0. The van der Waals surface area contributed by atoms with Crippen molar-refractivity contribution in [1.29, 1.82) is 0 Å². The van der Waals surface area contributed by atoms with Crippen LogP contribution in [0.15, 0.2) is 0 Å². The number of nitrogens with two attached hydrogens (primary N) is 1. The molecule has 1 saturated carbocycles. The Kier molecular flexibility index (Phi) is 6.46. The molecule has 0 saturated heterocycles. The first-order valence-corrected chi connectivity index (χ1v) is 7.63. The fourth-order valence-corrected chi connectivity index (χ4v) is 2.73. The molecular weight excluding hydrogens is 256 g/mol. The predicted molar refractivity (Wildman–Crippen MR) is 78.1 cm³/mol. The molecule has 1 aliphatic rings. The number of esters is 1. The van der Waals surface area contributed by atoms with E-state index in [9.17, 15) is 9.59 Å². The lowest BCUT2D eigenvalue weighted by molar-refractivity contribution is -0.151. The van der Waals surface area contributed by atoms with Crippen LogP contribution >= 0.6 is 0 Å². The lowest BCUT2D eigenvalue weighted by Gasteiger charge is -2.37. The van der Waals surface area contributed by atoms with Crippen molar-refractivity contribution in [3.8, 4) is 0 Å². The van der Waals surface area contributed by atoms with E-state index in [0.717, 1.165) is 19.3 Å². The van der Waals surface area contributed by atoms with Gasteiger partial charge in [-0.25, -0.2) is 0 Å². The monoisotopic (exact) mass is 284 g/mol. The van der Waals surface area contributed by atoms with Gasteiger partial charge in [-0.15, -0.1) is 0 Å². The van der Waals surface area contributed by atoms with Gasteiger partial charge in [0.15, 0.2) is 0 Å². The van der Waals surface area contributed by atoms with Crippen molar-refractivity contribution in [3.05, 3.63) is 0 Å². The van der Waals surface area contributed by atoms with Crippen LogP contribution in [0, 0.1) is 5.92 Å². The molecule has 0 unspecified atom stereocenters. The molecule has 1 rings (SSSR count). The molecule has 0 heterocycles. The van der Waals surface area contributed by atoms with Gasteiger partial charge < -0.3 is 15.4 Å². The number of carbonyl (C=O) groups excluding carboxylic acids is 2. The van der Waals surface area contributed by atoms with E-state index in [-0.39, 0.29) is 18.4 Å². The number of nitrogens with zero attached hydrogens (tertiary/aromatic N) is 1. The molecule has 1 amide bonds. The SMILES string of the molecule is CCOC(=O)CN(CC(C)C)C(=O)C1(N)CCCCC1. The van der Waals surface area contributed by atoms with Crippen molar-refractivity contribution in [2.45, 2.75) is 58.4 Å². The van der Waals surface area contributed by atoms with Gasteiger partial charge in [0.05, 0.1) is 12.1 Å². The summed E-state index contributed by atoms with van der Waals surface area (Å²) in [5.74, 6) is -0.166. The van der Waals surface area contributed by atoms with Crippen molar-refractivity contribution >= 4 is 11.9 Å². The topological polar surface area (TPSA) is 72.6 Å². The Morgan fingerprint density at radius 2 is 1.85 bits per heavy atom. The summed E-state index contributed by atoms with van der Waals surface area (Å²) in [6, 6.07) is 0. The summed E-state index contributed by atoms with van der Waals surface area (Å²) in [5.41, 5.74) is 5.49. The number of hydrogen-bond donors (Lipinski definition) is 1. The van der Waals surface area contributed by atoms with Crippen LogP contribution in [0.1, 0.15) is 52.9 Å². The number of hydrogen-bond acceptors (Lipinski definition) is 4. The van der Waals surface area contributed by atoms with E-state index >= 15 is 0 Å². The van der Waals surface area contributed by atoms with Crippen LogP contribution in [0.5, 0.6) is 0 Å². The molecule has 1 aliphatic carbocycles. The molecule has 1 fully saturated rings. The molecule has 2 N–H and O–H groups in total. The maximum atomic E-state index is 12.7. The summed E-state index contributed by atoms with van der Waals surface area (Å²) in [6.07, 6.45) is 4.52. The molecule has 116 valence electrons. The highest BCUT2D eigenvalue weighted by Gasteiger charge is 2.39. The molecule has 0 radical (unpaired) electrons. The van der Waals surface area contributed by atoms with E-state index in [0.29, 0.717) is 31.9 Å². The summed E-state index contributed by atoms with van der Waals surface area (Å²) in [6.45, 7) is 6.68. The van der Waals surface area contributed by atoms with Crippen LogP contribution < -0.4 is 5.73 Å². The summed E-state index contributed by atoms with van der Waals surface area (Å²) in [7, 11) is 0. The Hall–Kier alpha value is -1.10. The fraction of sp³-hybridized carbons (Fsp3) is 0.867. The number of ether oxygens (including phenoxy) is 1. The van der Waals surface area contributed by atoms with Gasteiger partial charge in [-0.1, -0.05) is 33.1 Å². The first kappa shape index (κ1) is 17.0. The van der Waals surface area contributed by atoms with Gasteiger partial charge in [0.2, 0.25) is 5.91 Å². The molecule has 0 atom stereocenters. The minimum absolute atomic E-state index is 0.00377. The maximum absolute atomic E-state index is 12.7. The molecule has 5 nitrogen and oxygen atoms in total. The predicted octanol–water partition coefficient (Wildman–Crippen LogP) is 1.70. The third-order valence-electron chi connectivity index (χ3n) is 3.67. The number of carbonyl (C=O) groups is 2. The Bertz CT molecular complexity index is 336. The highest BCUT2D eigenvalue weighted by atomic mass is 16.5. The van der Waals surface area contributed by atoms with E-state index in [1.165, 1.54) is 0 Å².